The quantitative estimate of drug-likeness (QED) is 0.589. The maximum Gasteiger partial charge on any atom is 0.153 e. The van der Waals surface area contributed by atoms with Crippen LogP contribution in [0.15, 0.2) is 12.1 Å². The Bertz CT molecular complexity index is 432. The highest BCUT2D eigenvalue weighted by Gasteiger charge is 2.06. The van der Waals surface area contributed by atoms with Gasteiger partial charge in [0.2, 0.25) is 0 Å². The molecule has 0 spiro atoms. The van der Waals surface area contributed by atoms with E-state index in [2.05, 4.69) is 17.2 Å². The van der Waals surface area contributed by atoms with Crippen molar-refractivity contribution in [3.63, 3.8) is 0 Å². The number of nitrogens with one attached hydrogen (secondary N) is 1. The minimum absolute atomic E-state index is 0.127. The van der Waals surface area contributed by atoms with Crippen LogP contribution in [0.4, 0.5) is 0 Å². The second-order valence-corrected chi connectivity index (χ2v) is 3.28. The summed E-state index contributed by atoms with van der Waals surface area (Å²) in [6, 6.07) is 2.92. The first-order valence-electron chi connectivity index (χ1n) is 4.30. The molecule has 0 aromatic heterocycles. The third kappa shape index (κ3) is 2.98. The molecule has 1 rings (SSSR count). The number of aldehydes is 1. The molecule has 2 N–H and O–H groups in total. The highest BCUT2D eigenvalue weighted by molar-refractivity contribution is 6.31. The zero-order valence-corrected chi connectivity index (χ0v) is 8.93. The monoisotopic (exact) mass is 223 g/mol. The number of aromatic hydroxyl groups is 1. The van der Waals surface area contributed by atoms with Crippen LogP contribution in [-0.4, -0.2) is 25.0 Å². The first-order valence-corrected chi connectivity index (χ1v) is 4.68. The molecule has 1 aromatic carbocycles. The Morgan fingerprint density at radius 2 is 2.33 bits per heavy atom. The summed E-state index contributed by atoms with van der Waals surface area (Å²) in [5.74, 6) is 5.37. The van der Waals surface area contributed by atoms with E-state index in [0.29, 0.717) is 23.4 Å². The SMILES string of the molecule is CNCC#Cc1cc(Cl)cc(C=O)c1O. The minimum Gasteiger partial charge on any atom is -0.506 e. The molecule has 0 aliphatic heterocycles. The van der Waals surface area contributed by atoms with Crippen molar-refractivity contribution < 1.29 is 9.90 Å². The van der Waals surface area contributed by atoms with Crippen LogP contribution in [0.1, 0.15) is 15.9 Å². The second-order valence-electron chi connectivity index (χ2n) is 2.84. The van der Waals surface area contributed by atoms with Gasteiger partial charge in [-0.2, -0.15) is 0 Å². The Balaban J connectivity index is 3.13. The summed E-state index contributed by atoms with van der Waals surface area (Å²) in [5.41, 5.74) is 0.510. The summed E-state index contributed by atoms with van der Waals surface area (Å²) in [6.45, 7) is 0.502. The molecule has 0 atom stereocenters. The lowest BCUT2D eigenvalue weighted by Gasteiger charge is -2.01. The first kappa shape index (κ1) is 11.6. The Kier molecular flexibility index (Phi) is 4.17. The average molecular weight is 224 g/mol. The van der Waals surface area contributed by atoms with Crippen molar-refractivity contribution in [1.82, 2.24) is 5.32 Å². The van der Waals surface area contributed by atoms with Gasteiger partial charge < -0.3 is 10.4 Å². The lowest BCUT2D eigenvalue weighted by atomic mass is 10.1. The zero-order chi connectivity index (χ0) is 11.3. The van der Waals surface area contributed by atoms with E-state index in [9.17, 15) is 9.90 Å². The fraction of sp³-hybridized carbons (Fsp3) is 0.182. The molecule has 78 valence electrons. The Labute approximate surface area is 93.1 Å². The fourth-order valence-electron chi connectivity index (χ4n) is 1.03. The molecule has 1 aromatic rings. The molecule has 4 heteroatoms. The largest absolute Gasteiger partial charge is 0.506 e. The highest BCUT2D eigenvalue weighted by Crippen LogP contribution is 2.24. The van der Waals surface area contributed by atoms with E-state index in [1.54, 1.807) is 7.05 Å². The molecule has 3 nitrogen and oxygen atoms in total. The van der Waals surface area contributed by atoms with E-state index in [4.69, 9.17) is 11.6 Å². The smallest absolute Gasteiger partial charge is 0.153 e. The molecule has 0 saturated heterocycles. The number of benzene rings is 1. The van der Waals surface area contributed by atoms with Gasteiger partial charge in [-0.25, -0.2) is 0 Å². The van der Waals surface area contributed by atoms with E-state index < -0.39 is 0 Å². The van der Waals surface area contributed by atoms with E-state index in [1.807, 2.05) is 0 Å². The summed E-state index contributed by atoms with van der Waals surface area (Å²) in [5, 5.41) is 12.8. The molecular formula is C11H10ClNO2. The van der Waals surface area contributed by atoms with Crippen LogP contribution in [0.2, 0.25) is 5.02 Å². The van der Waals surface area contributed by atoms with Crippen LogP contribution in [-0.2, 0) is 0 Å². The number of halogens is 1. The van der Waals surface area contributed by atoms with E-state index in [0.717, 1.165) is 0 Å². The van der Waals surface area contributed by atoms with Gasteiger partial charge in [-0.15, -0.1) is 0 Å². The number of phenols is 1. The zero-order valence-electron chi connectivity index (χ0n) is 8.17. The normalized spacial score (nSPS) is 9.20. The molecule has 0 heterocycles. The van der Waals surface area contributed by atoms with Gasteiger partial charge in [0.1, 0.15) is 5.75 Å². The van der Waals surface area contributed by atoms with Crippen LogP contribution in [0.25, 0.3) is 0 Å². The van der Waals surface area contributed by atoms with Gasteiger partial charge in [-0.1, -0.05) is 23.4 Å². The van der Waals surface area contributed by atoms with Crippen LogP contribution in [0.5, 0.6) is 5.75 Å². The third-order valence-electron chi connectivity index (χ3n) is 1.72. The number of carbonyl (C=O) groups is 1. The fourth-order valence-corrected chi connectivity index (χ4v) is 1.26. The molecule has 0 bridgehead atoms. The van der Waals surface area contributed by atoms with Gasteiger partial charge in [0.25, 0.3) is 0 Å². The molecule has 0 aliphatic carbocycles. The summed E-state index contributed by atoms with van der Waals surface area (Å²) in [6.07, 6.45) is 0.546. The molecule has 0 saturated carbocycles. The number of carbonyl (C=O) groups excluding carboxylic acids is 1. The van der Waals surface area contributed by atoms with E-state index in [1.165, 1.54) is 12.1 Å². The van der Waals surface area contributed by atoms with E-state index >= 15 is 0 Å². The molecule has 0 unspecified atom stereocenters. The van der Waals surface area contributed by atoms with Crippen molar-refractivity contribution in [2.24, 2.45) is 0 Å². The summed E-state index contributed by atoms with van der Waals surface area (Å²) in [7, 11) is 1.77. The lowest BCUT2D eigenvalue weighted by Crippen LogP contribution is -2.04. The van der Waals surface area contributed by atoms with Crippen LogP contribution >= 0.6 is 11.6 Å². The average Bonchev–Trinajstić information content (AvgIpc) is 2.23. The molecule has 15 heavy (non-hydrogen) atoms. The predicted octanol–water partition coefficient (Wildman–Crippen LogP) is 1.43. The summed E-state index contributed by atoms with van der Waals surface area (Å²) >= 11 is 5.76. The van der Waals surface area contributed by atoms with Crippen LogP contribution in [0.3, 0.4) is 0 Å². The Hall–Kier alpha value is -1.50. The molecular weight excluding hydrogens is 214 g/mol. The van der Waals surface area contributed by atoms with Crippen molar-refractivity contribution in [1.29, 1.82) is 0 Å². The summed E-state index contributed by atoms with van der Waals surface area (Å²) in [4.78, 5) is 10.6. The van der Waals surface area contributed by atoms with Crippen molar-refractivity contribution >= 4 is 17.9 Å². The Morgan fingerprint density at radius 3 is 2.93 bits per heavy atom. The topological polar surface area (TPSA) is 49.3 Å². The number of hydrogen-bond donors (Lipinski definition) is 2. The lowest BCUT2D eigenvalue weighted by molar-refractivity contribution is 0.112. The Morgan fingerprint density at radius 1 is 1.60 bits per heavy atom. The van der Waals surface area contributed by atoms with Gasteiger partial charge in [0.05, 0.1) is 17.7 Å². The van der Waals surface area contributed by atoms with Crippen LogP contribution < -0.4 is 5.32 Å². The van der Waals surface area contributed by atoms with Crippen molar-refractivity contribution in [2.75, 3.05) is 13.6 Å². The highest BCUT2D eigenvalue weighted by atomic mass is 35.5. The molecule has 0 amide bonds. The van der Waals surface area contributed by atoms with Crippen molar-refractivity contribution in [3.8, 4) is 17.6 Å². The molecule has 0 radical (unpaired) electrons. The van der Waals surface area contributed by atoms with Gasteiger partial charge in [-0.05, 0) is 19.2 Å². The van der Waals surface area contributed by atoms with Crippen molar-refractivity contribution in [2.45, 2.75) is 0 Å². The maximum absolute atomic E-state index is 10.6. The van der Waals surface area contributed by atoms with Gasteiger partial charge >= 0.3 is 0 Å². The van der Waals surface area contributed by atoms with E-state index in [-0.39, 0.29) is 11.3 Å². The van der Waals surface area contributed by atoms with Gasteiger partial charge in [0, 0.05) is 5.02 Å². The second kappa shape index (κ2) is 5.40. The minimum atomic E-state index is -0.127. The van der Waals surface area contributed by atoms with Crippen LogP contribution in [0, 0.1) is 11.8 Å². The first-order chi connectivity index (χ1) is 7.19. The van der Waals surface area contributed by atoms with Gasteiger partial charge in [-0.3, -0.25) is 4.79 Å². The van der Waals surface area contributed by atoms with Crippen molar-refractivity contribution in [3.05, 3.63) is 28.3 Å². The predicted molar refractivity (Wildman–Crippen MR) is 59.3 cm³/mol. The standard InChI is InChI=1S/C11H10ClNO2/c1-13-4-2-3-8-5-10(12)6-9(7-14)11(8)15/h5-7,13,15H,4H2,1H3. The summed E-state index contributed by atoms with van der Waals surface area (Å²) < 4.78 is 0. The molecule has 0 fully saturated rings. The van der Waals surface area contributed by atoms with Gasteiger partial charge in [0.15, 0.2) is 6.29 Å². The molecule has 0 aliphatic rings. The third-order valence-corrected chi connectivity index (χ3v) is 1.94. The maximum atomic E-state index is 10.6. The number of phenolic OH excluding ortho intramolecular Hbond substituents is 1. The number of hydrogen-bond acceptors (Lipinski definition) is 3. The number of rotatable bonds is 2.